The Morgan fingerprint density at radius 2 is 2.06 bits per heavy atom. The minimum atomic E-state index is -2.43. The van der Waals surface area contributed by atoms with Crippen molar-refractivity contribution in [1.29, 1.82) is 0 Å². The molecule has 0 bridgehead atoms. The molecule has 94 valence electrons. The standard InChI is InChI=1S/C14H14F2N2/c1-10-13(6-3-7-17-10)18-9-11-4-2-5-12(8-11)14(15)16/h2-8,14,18H,9H2,1H3. The molecule has 2 aromatic rings. The van der Waals surface area contributed by atoms with E-state index in [1.807, 2.05) is 25.1 Å². The zero-order valence-corrected chi connectivity index (χ0v) is 10.0. The SMILES string of the molecule is Cc1ncccc1NCc1cccc(C(F)F)c1. The summed E-state index contributed by atoms with van der Waals surface area (Å²) in [6, 6.07) is 10.2. The second-order valence-electron chi connectivity index (χ2n) is 4.04. The van der Waals surface area contributed by atoms with E-state index in [4.69, 9.17) is 0 Å². The number of rotatable bonds is 4. The van der Waals surface area contributed by atoms with Gasteiger partial charge in [-0.2, -0.15) is 0 Å². The summed E-state index contributed by atoms with van der Waals surface area (Å²) in [5, 5.41) is 3.19. The maximum atomic E-state index is 12.5. The number of aryl methyl sites for hydroxylation is 1. The molecule has 1 aromatic carbocycles. The van der Waals surface area contributed by atoms with Crippen molar-refractivity contribution in [3.8, 4) is 0 Å². The number of anilines is 1. The van der Waals surface area contributed by atoms with E-state index in [0.717, 1.165) is 16.9 Å². The fourth-order valence-electron chi connectivity index (χ4n) is 1.71. The van der Waals surface area contributed by atoms with Gasteiger partial charge in [-0.15, -0.1) is 0 Å². The van der Waals surface area contributed by atoms with Crippen LogP contribution in [0.2, 0.25) is 0 Å². The lowest BCUT2D eigenvalue weighted by molar-refractivity contribution is 0.151. The largest absolute Gasteiger partial charge is 0.380 e. The summed E-state index contributed by atoms with van der Waals surface area (Å²) >= 11 is 0. The number of alkyl halides is 2. The molecule has 1 heterocycles. The Morgan fingerprint density at radius 1 is 1.22 bits per heavy atom. The summed E-state index contributed by atoms with van der Waals surface area (Å²) in [4.78, 5) is 4.15. The van der Waals surface area contributed by atoms with Crippen LogP contribution in [0, 0.1) is 6.92 Å². The van der Waals surface area contributed by atoms with E-state index < -0.39 is 6.43 Å². The molecule has 0 radical (unpaired) electrons. The van der Waals surface area contributed by atoms with Gasteiger partial charge in [-0.25, -0.2) is 8.78 Å². The van der Waals surface area contributed by atoms with Crippen LogP contribution in [0.15, 0.2) is 42.6 Å². The molecule has 0 aliphatic carbocycles. The topological polar surface area (TPSA) is 24.9 Å². The van der Waals surface area contributed by atoms with Gasteiger partial charge in [0.25, 0.3) is 6.43 Å². The third-order valence-corrected chi connectivity index (χ3v) is 2.69. The first-order valence-electron chi connectivity index (χ1n) is 5.69. The van der Waals surface area contributed by atoms with E-state index in [9.17, 15) is 8.78 Å². The molecule has 0 unspecified atom stereocenters. The summed E-state index contributed by atoms with van der Waals surface area (Å²) in [6.07, 6.45) is -0.706. The van der Waals surface area contributed by atoms with Gasteiger partial charge < -0.3 is 5.32 Å². The van der Waals surface area contributed by atoms with Crippen molar-refractivity contribution < 1.29 is 8.78 Å². The summed E-state index contributed by atoms with van der Waals surface area (Å²) < 4.78 is 25.1. The number of nitrogens with zero attached hydrogens (tertiary/aromatic N) is 1. The van der Waals surface area contributed by atoms with E-state index in [1.165, 1.54) is 12.1 Å². The van der Waals surface area contributed by atoms with Crippen LogP contribution in [0.1, 0.15) is 23.2 Å². The van der Waals surface area contributed by atoms with E-state index in [1.54, 1.807) is 12.3 Å². The number of halogens is 2. The van der Waals surface area contributed by atoms with E-state index in [2.05, 4.69) is 10.3 Å². The Balaban J connectivity index is 2.07. The van der Waals surface area contributed by atoms with Crippen LogP contribution < -0.4 is 5.32 Å². The van der Waals surface area contributed by atoms with Crippen LogP contribution in [0.3, 0.4) is 0 Å². The molecule has 0 amide bonds. The fraction of sp³-hybridized carbons (Fsp3) is 0.214. The van der Waals surface area contributed by atoms with Crippen LogP contribution in [-0.2, 0) is 6.54 Å². The molecular weight excluding hydrogens is 234 g/mol. The summed E-state index contributed by atoms with van der Waals surface area (Å²) in [7, 11) is 0. The average molecular weight is 248 g/mol. The lowest BCUT2D eigenvalue weighted by atomic mass is 10.1. The van der Waals surface area contributed by atoms with E-state index >= 15 is 0 Å². The minimum Gasteiger partial charge on any atom is -0.380 e. The molecular formula is C14H14F2N2. The van der Waals surface area contributed by atoms with Gasteiger partial charge in [0.05, 0.1) is 11.4 Å². The Hall–Kier alpha value is -1.97. The van der Waals surface area contributed by atoms with Gasteiger partial charge in [0.2, 0.25) is 0 Å². The molecule has 18 heavy (non-hydrogen) atoms. The van der Waals surface area contributed by atoms with Crippen molar-refractivity contribution in [2.75, 3.05) is 5.32 Å². The van der Waals surface area contributed by atoms with Crippen LogP contribution in [0.5, 0.6) is 0 Å². The highest BCUT2D eigenvalue weighted by Gasteiger charge is 2.07. The van der Waals surface area contributed by atoms with Gasteiger partial charge in [0, 0.05) is 18.3 Å². The molecule has 0 atom stereocenters. The number of nitrogens with one attached hydrogen (secondary N) is 1. The average Bonchev–Trinajstić information content (AvgIpc) is 2.38. The van der Waals surface area contributed by atoms with Crippen molar-refractivity contribution in [2.24, 2.45) is 0 Å². The van der Waals surface area contributed by atoms with Crippen LogP contribution in [0.4, 0.5) is 14.5 Å². The Morgan fingerprint density at radius 3 is 2.78 bits per heavy atom. The van der Waals surface area contributed by atoms with Gasteiger partial charge in [-0.3, -0.25) is 4.98 Å². The number of aromatic nitrogens is 1. The van der Waals surface area contributed by atoms with Gasteiger partial charge in [-0.1, -0.05) is 18.2 Å². The van der Waals surface area contributed by atoms with Crippen LogP contribution in [-0.4, -0.2) is 4.98 Å². The van der Waals surface area contributed by atoms with Gasteiger partial charge in [-0.05, 0) is 30.7 Å². The normalized spacial score (nSPS) is 10.7. The van der Waals surface area contributed by atoms with Crippen molar-refractivity contribution in [1.82, 2.24) is 4.98 Å². The number of pyridine rings is 1. The van der Waals surface area contributed by atoms with Crippen molar-refractivity contribution >= 4 is 5.69 Å². The van der Waals surface area contributed by atoms with Gasteiger partial charge >= 0.3 is 0 Å². The number of hydrogen-bond donors (Lipinski definition) is 1. The molecule has 0 aliphatic rings. The maximum absolute atomic E-state index is 12.5. The molecule has 1 aromatic heterocycles. The second kappa shape index (κ2) is 5.58. The zero-order valence-electron chi connectivity index (χ0n) is 10.0. The molecule has 0 saturated heterocycles. The Kier molecular flexibility index (Phi) is 3.87. The highest BCUT2D eigenvalue weighted by Crippen LogP contribution is 2.20. The molecule has 2 rings (SSSR count). The zero-order chi connectivity index (χ0) is 13.0. The first-order valence-corrected chi connectivity index (χ1v) is 5.69. The molecule has 0 fully saturated rings. The summed E-state index contributed by atoms with van der Waals surface area (Å²) in [6.45, 7) is 2.41. The highest BCUT2D eigenvalue weighted by atomic mass is 19.3. The molecule has 4 heteroatoms. The monoisotopic (exact) mass is 248 g/mol. The third kappa shape index (κ3) is 3.03. The molecule has 0 aliphatic heterocycles. The summed E-state index contributed by atoms with van der Waals surface area (Å²) in [5.41, 5.74) is 2.69. The van der Waals surface area contributed by atoms with E-state index in [-0.39, 0.29) is 5.56 Å². The lowest BCUT2D eigenvalue weighted by Crippen LogP contribution is -2.02. The lowest BCUT2D eigenvalue weighted by Gasteiger charge is -2.09. The molecule has 1 N–H and O–H groups in total. The fourth-order valence-corrected chi connectivity index (χ4v) is 1.71. The molecule has 0 saturated carbocycles. The first-order chi connectivity index (χ1) is 8.66. The molecule has 0 spiro atoms. The van der Waals surface area contributed by atoms with Gasteiger partial charge in [0.1, 0.15) is 0 Å². The Labute approximate surface area is 105 Å². The predicted octanol–water partition coefficient (Wildman–Crippen LogP) is 3.94. The van der Waals surface area contributed by atoms with Crippen molar-refractivity contribution in [3.63, 3.8) is 0 Å². The first kappa shape index (κ1) is 12.5. The predicted molar refractivity (Wildman–Crippen MR) is 67.7 cm³/mol. The smallest absolute Gasteiger partial charge is 0.263 e. The third-order valence-electron chi connectivity index (χ3n) is 2.69. The van der Waals surface area contributed by atoms with Gasteiger partial charge in [0.15, 0.2) is 0 Å². The van der Waals surface area contributed by atoms with E-state index in [0.29, 0.717) is 6.54 Å². The van der Waals surface area contributed by atoms with Crippen molar-refractivity contribution in [2.45, 2.75) is 19.9 Å². The number of benzene rings is 1. The Bertz CT molecular complexity index is 527. The quantitative estimate of drug-likeness (QED) is 0.886. The minimum absolute atomic E-state index is 0.0530. The summed E-state index contributed by atoms with van der Waals surface area (Å²) in [5.74, 6) is 0. The van der Waals surface area contributed by atoms with Crippen molar-refractivity contribution in [3.05, 3.63) is 59.4 Å². The highest BCUT2D eigenvalue weighted by molar-refractivity contribution is 5.47. The molecule has 2 nitrogen and oxygen atoms in total. The maximum Gasteiger partial charge on any atom is 0.263 e. The number of hydrogen-bond acceptors (Lipinski definition) is 2. The second-order valence-corrected chi connectivity index (χ2v) is 4.04. The van der Waals surface area contributed by atoms with Crippen LogP contribution >= 0.6 is 0 Å². The van der Waals surface area contributed by atoms with Crippen LogP contribution in [0.25, 0.3) is 0 Å².